The number of rotatable bonds is 4. The van der Waals surface area contributed by atoms with Crippen LogP contribution in [0.15, 0.2) is 5.16 Å². The van der Waals surface area contributed by atoms with E-state index in [0.29, 0.717) is 13.2 Å². The van der Waals surface area contributed by atoms with Crippen LogP contribution in [0.1, 0.15) is 26.2 Å². The SMILES string of the molecule is CCOC(=O)/C(CN1CCCCC1)=N\O. The van der Waals surface area contributed by atoms with Crippen LogP contribution in [-0.4, -0.2) is 48.0 Å². The summed E-state index contributed by atoms with van der Waals surface area (Å²) in [4.78, 5) is 13.4. The van der Waals surface area contributed by atoms with E-state index < -0.39 is 5.97 Å². The Morgan fingerprint density at radius 2 is 2.07 bits per heavy atom. The van der Waals surface area contributed by atoms with Crippen molar-refractivity contribution in [1.29, 1.82) is 0 Å². The Kier molecular flexibility index (Phi) is 5.10. The van der Waals surface area contributed by atoms with Crippen molar-refractivity contribution in [3.63, 3.8) is 0 Å². The van der Waals surface area contributed by atoms with E-state index in [-0.39, 0.29) is 5.71 Å². The number of carbonyl (C=O) groups excluding carboxylic acids is 1. The Morgan fingerprint density at radius 1 is 1.40 bits per heavy atom. The van der Waals surface area contributed by atoms with Crippen molar-refractivity contribution < 1.29 is 14.7 Å². The summed E-state index contributed by atoms with van der Waals surface area (Å²) in [6.45, 7) is 4.33. The molecule has 1 fully saturated rings. The van der Waals surface area contributed by atoms with Gasteiger partial charge in [0.15, 0.2) is 5.71 Å². The van der Waals surface area contributed by atoms with Crippen molar-refractivity contribution >= 4 is 11.7 Å². The van der Waals surface area contributed by atoms with Crippen LogP contribution in [0.3, 0.4) is 0 Å². The highest BCUT2D eigenvalue weighted by Crippen LogP contribution is 2.08. The first-order valence-corrected chi connectivity index (χ1v) is 5.38. The number of oxime groups is 1. The third-order valence-corrected chi connectivity index (χ3v) is 2.45. The van der Waals surface area contributed by atoms with Gasteiger partial charge in [-0.2, -0.15) is 0 Å². The van der Waals surface area contributed by atoms with Crippen LogP contribution in [0.5, 0.6) is 0 Å². The number of hydrogen-bond donors (Lipinski definition) is 1. The van der Waals surface area contributed by atoms with E-state index in [2.05, 4.69) is 10.1 Å². The van der Waals surface area contributed by atoms with Crippen LogP contribution < -0.4 is 0 Å². The molecule has 1 N–H and O–H groups in total. The van der Waals surface area contributed by atoms with Crippen molar-refractivity contribution in [2.45, 2.75) is 26.2 Å². The second-order valence-electron chi connectivity index (χ2n) is 3.60. The Labute approximate surface area is 89.7 Å². The van der Waals surface area contributed by atoms with Crippen molar-refractivity contribution in [1.82, 2.24) is 4.90 Å². The van der Waals surface area contributed by atoms with Gasteiger partial charge in [0.25, 0.3) is 0 Å². The molecule has 1 rings (SSSR count). The second-order valence-corrected chi connectivity index (χ2v) is 3.60. The lowest BCUT2D eigenvalue weighted by Gasteiger charge is -2.25. The van der Waals surface area contributed by atoms with Gasteiger partial charge in [-0.15, -0.1) is 0 Å². The summed E-state index contributed by atoms with van der Waals surface area (Å²) in [7, 11) is 0. The molecular weight excluding hydrogens is 196 g/mol. The molecule has 0 amide bonds. The van der Waals surface area contributed by atoms with Crippen LogP contribution in [0.2, 0.25) is 0 Å². The second kappa shape index (κ2) is 6.40. The molecule has 0 atom stereocenters. The molecule has 0 bridgehead atoms. The molecule has 0 saturated carbocycles. The lowest BCUT2D eigenvalue weighted by Crippen LogP contribution is -2.37. The molecule has 1 saturated heterocycles. The predicted octanol–water partition coefficient (Wildman–Crippen LogP) is 0.866. The number of ether oxygens (including phenoxy) is 1. The van der Waals surface area contributed by atoms with E-state index in [4.69, 9.17) is 9.94 Å². The molecule has 1 aliphatic rings. The molecule has 0 aromatic rings. The summed E-state index contributed by atoms with van der Waals surface area (Å²) >= 11 is 0. The molecule has 5 nitrogen and oxygen atoms in total. The zero-order valence-electron chi connectivity index (χ0n) is 9.11. The lowest BCUT2D eigenvalue weighted by atomic mass is 10.1. The fourth-order valence-electron chi connectivity index (χ4n) is 1.68. The fourth-order valence-corrected chi connectivity index (χ4v) is 1.68. The van der Waals surface area contributed by atoms with Crippen LogP contribution >= 0.6 is 0 Å². The Hall–Kier alpha value is -1.10. The minimum atomic E-state index is -0.523. The van der Waals surface area contributed by atoms with Gasteiger partial charge in [0.1, 0.15) is 0 Å². The van der Waals surface area contributed by atoms with E-state index in [1.54, 1.807) is 6.92 Å². The molecule has 5 heteroatoms. The number of piperidine rings is 1. The molecule has 1 aliphatic heterocycles. The first kappa shape index (κ1) is 12.0. The fraction of sp³-hybridized carbons (Fsp3) is 0.800. The minimum Gasteiger partial charge on any atom is -0.461 e. The molecule has 15 heavy (non-hydrogen) atoms. The number of hydrogen-bond acceptors (Lipinski definition) is 5. The van der Waals surface area contributed by atoms with Gasteiger partial charge < -0.3 is 9.94 Å². The van der Waals surface area contributed by atoms with Gasteiger partial charge in [0.05, 0.1) is 13.2 Å². The summed E-state index contributed by atoms with van der Waals surface area (Å²) in [5, 5.41) is 11.7. The van der Waals surface area contributed by atoms with E-state index >= 15 is 0 Å². The van der Waals surface area contributed by atoms with Gasteiger partial charge in [0.2, 0.25) is 0 Å². The van der Waals surface area contributed by atoms with Gasteiger partial charge in [-0.05, 0) is 32.9 Å². The molecule has 86 valence electrons. The molecule has 1 heterocycles. The maximum Gasteiger partial charge on any atom is 0.357 e. The highest BCUT2D eigenvalue weighted by Gasteiger charge is 2.19. The molecular formula is C10H18N2O3. The van der Waals surface area contributed by atoms with Gasteiger partial charge in [-0.25, -0.2) is 4.79 Å². The van der Waals surface area contributed by atoms with Gasteiger partial charge >= 0.3 is 5.97 Å². The monoisotopic (exact) mass is 214 g/mol. The number of carbonyl (C=O) groups is 1. The quantitative estimate of drug-likeness (QED) is 0.326. The standard InChI is InChI=1S/C10H18N2O3/c1-2-15-10(13)9(11-14)8-12-6-4-3-5-7-12/h14H,2-8H2,1H3/b11-9-. The zero-order chi connectivity index (χ0) is 11.1. The first-order chi connectivity index (χ1) is 7.27. The van der Waals surface area contributed by atoms with E-state index in [1.165, 1.54) is 6.42 Å². The van der Waals surface area contributed by atoms with E-state index in [1.807, 2.05) is 0 Å². The summed E-state index contributed by atoms with van der Waals surface area (Å²) in [5.41, 5.74) is 0.0961. The van der Waals surface area contributed by atoms with Crippen molar-refractivity contribution in [2.75, 3.05) is 26.2 Å². The Bertz CT molecular complexity index is 235. The van der Waals surface area contributed by atoms with Crippen molar-refractivity contribution in [3.05, 3.63) is 0 Å². The van der Waals surface area contributed by atoms with E-state index in [9.17, 15) is 4.79 Å². The summed E-state index contributed by atoms with van der Waals surface area (Å²) in [5.74, 6) is -0.523. The molecule has 0 unspecified atom stereocenters. The van der Waals surface area contributed by atoms with Crippen molar-refractivity contribution in [2.24, 2.45) is 5.16 Å². The molecule has 0 aliphatic carbocycles. The van der Waals surface area contributed by atoms with Crippen LogP contribution in [0.4, 0.5) is 0 Å². The van der Waals surface area contributed by atoms with E-state index in [0.717, 1.165) is 25.9 Å². The van der Waals surface area contributed by atoms with Gasteiger partial charge in [0, 0.05) is 0 Å². The number of likely N-dealkylation sites (tertiary alicyclic amines) is 1. The summed E-state index contributed by atoms with van der Waals surface area (Å²) < 4.78 is 4.78. The maximum atomic E-state index is 11.3. The molecule has 0 radical (unpaired) electrons. The number of esters is 1. The lowest BCUT2D eigenvalue weighted by molar-refractivity contribution is -0.135. The minimum absolute atomic E-state index is 0.0961. The van der Waals surface area contributed by atoms with Crippen LogP contribution in [-0.2, 0) is 9.53 Å². The normalized spacial score (nSPS) is 18.9. The van der Waals surface area contributed by atoms with Crippen LogP contribution in [0.25, 0.3) is 0 Å². The summed E-state index contributed by atoms with van der Waals surface area (Å²) in [6.07, 6.45) is 3.52. The third-order valence-electron chi connectivity index (χ3n) is 2.45. The largest absolute Gasteiger partial charge is 0.461 e. The molecule has 0 aromatic carbocycles. The number of nitrogens with zero attached hydrogens (tertiary/aromatic N) is 2. The highest BCUT2D eigenvalue weighted by atomic mass is 16.5. The highest BCUT2D eigenvalue weighted by molar-refractivity contribution is 6.37. The zero-order valence-corrected chi connectivity index (χ0v) is 9.11. The van der Waals surface area contributed by atoms with Crippen LogP contribution in [0, 0.1) is 0 Å². The first-order valence-electron chi connectivity index (χ1n) is 5.38. The predicted molar refractivity (Wildman–Crippen MR) is 56.1 cm³/mol. The van der Waals surface area contributed by atoms with Gasteiger partial charge in [-0.3, -0.25) is 4.90 Å². The molecule has 0 spiro atoms. The average Bonchev–Trinajstić information content (AvgIpc) is 2.27. The van der Waals surface area contributed by atoms with Crippen molar-refractivity contribution in [3.8, 4) is 0 Å². The summed E-state index contributed by atoms with van der Waals surface area (Å²) in [6, 6.07) is 0. The molecule has 0 aromatic heterocycles. The Morgan fingerprint density at radius 3 is 2.60 bits per heavy atom. The topological polar surface area (TPSA) is 62.1 Å². The smallest absolute Gasteiger partial charge is 0.357 e. The van der Waals surface area contributed by atoms with Gasteiger partial charge in [-0.1, -0.05) is 11.6 Å². The average molecular weight is 214 g/mol. The third kappa shape index (κ3) is 3.87. The Balaban J connectivity index is 2.42. The maximum absolute atomic E-state index is 11.3.